The van der Waals surface area contributed by atoms with Gasteiger partial charge in [-0.1, -0.05) is 12.1 Å². The molecule has 23 heavy (non-hydrogen) atoms. The lowest BCUT2D eigenvalue weighted by Gasteiger charge is -2.32. The number of rotatable bonds is 5. The van der Waals surface area contributed by atoms with Crippen molar-refractivity contribution in [1.82, 2.24) is 14.4 Å². The Kier molecular flexibility index (Phi) is 5.19. The van der Waals surface area contributed by atoms with Crippen LogP contribution in [0.3, 0.4) is 0 Å². The van der Waals surface area contributed by atoms with Crippen LogP contribution in [0.25, 0.3) is 5.69 Å². The number of benzene rings is 1. The third-order valence-electron chi connectivity index (χ3n) is 5.00. The minimum Gasteiger partial charge on any atom is -0.319 e. The van der Waals surface area contributed by atoms with E-state index >= 15 is 0 Å². The predicted molar refractivity (Wildman–Crippen MR) is 97.5 cm³/mol. The van der Waals surface area contributed by atoms with Crippen LogP contribution in [0.5, 0.6) is 0 Å². The summed E-state index contributed by atoms with van der Waals surface area (Å²) in [6, 6.07) is 13.4. The van der Waals surface area contributed by atoms with Crippen LogP contribution in [0.4, 0.5) is 0 Å². The fourth-order valence-electron chi connectivity index (χ4n) is 3.47. The fraction of sp³-hybridized carbons (Fsp3) is 0.500. The third-order valence-corrected chi connectivity index (χ3v) is 5.00. The first kappa shape index (κ1) is 16.3. The summed E-state index contributed by atoms with van der Waals surface area (Å²) in [7, 11) is 2.22. The number of aromatic nitrogens is 1. The Hall–Kier alpha value is -1.58. The van der Waals surface area contributed by atoms with Gasteiger partial charge in [0.25, 0.3) is 0 Å². The van der Waals surface area contributed by atoms with Crippen LogP contribution in [-0.2, 0) is 6.42 Å². The van der Waals surface area contributed by atoms with Crippen LogP contribution in [0.1, 0.15) is 23.4 Å². The van der Waals surface area contributed by atoms with E-state index in [1.165, 1.54) is 68.2 Å². The van der Waals surface area contributed by atoms with Gasteiger partial charge in [-0.2, -0.15) is 0 Å². The van der Waals surface area contributed by atoms with E-state index in [9.17, 15) is 0 Å². The Bertz CT molecular complexity index is 599. The second-order valence-electron chi connectivity index (χ2n) is 6.87. The third kappa shape index (κ3) is 4.04. The molecule has 124 valence electrons. The van der Waals surface area contributed by atoms with Crippen molar-refractivity contribution in [2.24, 2.45) is 0 Å². The van der Waals surface area contributed by atoms with E-state index in [0.717, 1.165) is 0 Å². The predicted octanol–water partition coefficient (Wildman–Crippen LogP) is 3.27. The molecule has 0 spiro atoms. The van der Waals surface area contributed by atoms with Crippen molar-refractivity contribution in [2.45, 2.75) is 26.7 Å². The van der Waals surface area contributed by atoms with Gasteiger partial charge in [-0.3, -0.25) is 0 Å². The summed E-state index contributed by atoms with van der Waals surface area (Å²) in [6.07, 6.45) is 2.43. The topological polar surface area (TPSA) is 11.4 Å². The van der Waals surface area contributed by atoms with Gasteiger partial charge >= 0.3 is 0 Å². The molecule has 0 bridgehead atoms. The van der Waals surface area contributed by atoms with Crippen molar-refractivity contribution in [3.8, 4) is 5.69 Å². The van der Waals surface area contributed by atoms with E-state index in [1.54, 1.807) is 0 Å². The van der Waals surface area contributed by atoms with E-state index in [4.69, 9.17) is 0 Å². The smallest absolute Gasteiger partial charge is 0.0455 e. The first-order valence-corrected chi connectivity index (χ1v) is 8.78. The highest BCUT2D eigenvalue weighted by atomic mass is 15.2. The van der Waals surface area contributed by atoms with E-state index < -0.39 is 0 Å². The van der Waals surface area contributed by atoms with E-state index in [2.05, 4.69) is 71.7 Å². The summed E-state index contributed by atoms with van der Waals surface area (Å²) in [4.78, 5) is 5.02. The van der Waals surface area contributed by atoms with Gasteiger partial charge in [-0.05, 0) is 70.1 Å². The lowest BCUT2D eigenvalue weighted by Crippen LogP contribution is -2.44. The van der Waals surface area contributed by atoms with Crippen LogP contribution >= 0.6 is 0 Å². The molecule has 1 aliphatic heterocycles. The highest BCUT2D eigenvalue weighted by Gasteiger charge is 2.12. The summed E-state index contributed by atoms with van der Waals surface area (Å²) >= 11 is 0. The Balaban J connectivity index is 1.52. The molecular weight excluding hydrogens is 282 g/mol. The second kappa shape index (κ2) is 7.33. The van der Waals surface area contributed by atoms with Crippen LogP contribution in [-0.4, -0.2) is 54.1 Å². The van der Waals surface area contributed by atoms with Gasteiger partial charge in [0.15, 0.2) is 0 Å². The minimum atomic E-state index is 1.18. The number of hydrogen-bond donors (Lipinski definition) is 0. The number of hydrogen-bond acceptors (Lipinski definition) is 2. The highest BCUT2D eigenvalue weighted by Crippen LogP contribution is 2.17. The average molecular weight is 311 g/mol. The standard InChI is InChI=1S/C20H29N3/c1-17-6-7-18(2)23(17)20-10-8-19(9-11-20)5-4-12-22-15-13-21(3)14-16-22/h6-11H,4-5,12-16H2,1-3H3. The molecule has 1 aromatic heterocycles. The number of likely N-dealkylation sites (N-methyl/N-ethyl adjacent to an activating group) is 1. The van der Waals surface area contributed by atoms with E-state index in [0.29, 0.717) is 0 Å². The fourth-order valence-corrected chi connectivity index (χ4v) is 3.47. The van der Waals surface area contributed by atoms with Gasteiger partial charge < -0.3 is 14.4 Å². The molecule has 3 nitrogen and oxygen atoms in total. The molecule has 0 N–H and O–H groups in total. The van der Waals surface area contributed by atoms with Crippen molar-refractivity contribution < 1.29 is 0 Å². The molecule has 2 aromatic rings. The van der Waals surface area contributed by atoms with Gasteiger partial charge in [0.1, 0.15) is 0 Å². The summed E-state index contributed by atoms with van der Waals surface area (Å²) in [5, 5.41) is 0. The number of piperazine rings is 1. The first-order chi connectivity index (χ1) is 11.1. The Morgan fingerprint density at radius 3 is 2.04 bits per heavy atom. The van der Waals surface area contributed by atoms with Crippen molar-refractivity contribution in [2.75, 3.05) is 39.8 Å². The van der Waals surface area contributed by atoms with E-state index in [1.807, 2.05) is 0 Å². The minimum absolute atomic E-state index is 1.18. The zero-order valence-electron chi connectivity index (χ0n) is 14.8. The van der Waals surface area contributed by atoms with Crippen molar-refractivity contribution >= 4 is 0 Å². The molecule has 0 saturated carbocycles. The second-order valence-corrected chi connectivity index (χ2v) is 6.87. The lowest BCUT2D eigenvalue weighted by molar-refractivity contribution is 0.153. The zero-order chi connectivity index (χ0) is 16.2. The summed E-state index contributed by atoms with van der Waals surface area (Å²) in [5.41, 5.74) is 5.31. The molecule has 1 fully saturated rings. The van der Waals surface area contributed by atoms with Gasteiger partial charge in [0, 0.05) is 43.3 Å². The Morgan fingerprint density at radius 2 is 1.43 bits per heavy atom. The number of aryl methyl sites for hydroxylation is 3. The van der Waals surface area contributed by atoms with Gasteiger partial charge in [0.2, 0.25) is 0 Å². The van der Waals surface area contributed by atoms with Gasteiger partial charge in [0.05, 0.1) is 0 Å². The molecule has 0 atom stereocenters. The molecule has 1 saturated heterocycles. The molecule has 3 heteroatoms. The SMILES string of the molecule is Cc1ccc(C)n1-c1ccc(CCCN2CCN(C)CC2)cc1. The maximum atomic E-state index is 2.60. The molecule has 1 aliphatic rings. The quantitative estimate of drug-likeness (QED) is 0.839. The molecule has 1 aromatic carbocycles. The largest absolute Gasteiger partial charge is 0.319 e. The first-order valence-electron chi connectivity index (χ1n) is 8.78. The molecule has 0 aliphatic carbocycles. The van der Waals surface area contributed by atoms with Gasteiger partial charge in [-0.25, -0.2) is 0 Å². The van der Waals surface area contributed by atoms with Crippen molar-refractivity contribution in [3.05, 3.63) is 53.3 Å². The van der Waals surface area contributed by atoms with Crippen LogP contribution in [0, 0.1) is 13.8 Å². The van der Waals surface area contributed by atoms with Crippen LogP contribution in [0.2, 0.25) is 0 Å². The molecule has 3 rings (SSSR count). The zero-order valence-corrected chi connectivity index (χ0v) is 14.8. The summed E-state index contributed by atoms with van der Waals surface area (Å²) in [5.74, 6) is 0. The molecular formula is C20H29N3. The molecule has 0 unspecified atom stereocenters. The summed E-state index contributed by atoms with van der Waals surface area (Å²) in [6.45, 7) is 10.4. The van der Waals surface area contributed by atoms with Gasteiger partial charge in [-0.15, -0.1) is 0 Å². The monoisotopic (exact) mass is 311 g/mol. The van der Waals surface area contributed by atoms with Crippen LogP contribution < -0.4 is 0 Å². The molecule has 0 radical (unpaired) electrons. The Morgan fingerprint density at radius 1 is 0.826 bits per heavy atom. The Labute approximate surface area is 140 Å². The van der Waals surface area contributed by atoms with Crippen molar-refractivity contribution in [3.63, 3.8) is 0 Å². The average Bonchev–Trinajstić information content (AvgIpc) is 2.89. The molecule has 2 heterocycles. The van der Waals surface area contributed by atoms with E-state index in [-0.39, 0.29) is 0 Å². The summed E-state index contributed by atoms with van der Waals surface area (Å²) < 4.78 is 2.31. The molecule has 0 amide bonds. The van der Waals surface area contributed by atoms with Crippen LogP contribution in [0.15, 0.2) is 36.4 Å². The maximum absolute atomic E-state index is 2.60. The number of nitrogens with zero attached hydrogens (tertiary/aromatic N) is 3. The normalized spacial score (nSPS) is 16.8. The van der Waals surface area contributed by atoms with Crippen molar-refractivity contribution in [1.29, 1.82) is 0 Å². The maximum Gasteiger partial charge on any atom is 0.0455 e. The lowest BCUT2D eigenvalue weighted by atomic mass is 10.1. The highest BCUT2D eigenvalue weighted by molar-refractivity contribution is 5.39.